The van der Waals surface area contributed by atoms with Crippen LogP contribution in [0, 0.1) is 5.92 Å². The molecule has 1 fully saturated rings. The first-order valence-electron chi connectivity index (χ1n) is 7.26. The van der Waals surface area contributed by atoms with Gasteiger partial charge in [0.05, 0.1) is 0 Å². The maximum Gasteiger partial charge on any atom is 0.161 e. The largest absolute Gasteiger partial charge is 0.328 e. The van der Waals surface area contributed by atoms with E-state index in [1.165, 1.54) is 25.7 Å². The topological polar surface area (TPSA) is 43.1 Å². The van der Waals surface area contributed by atoms with Crippen LogP contribution in [0.4, 0.5) is 0 Å². The Bertz CT molecular complexity index is 295. The molecule has 0 saturated heterocycles. The van der Waals surface area contributed by atoms with Crippen molar-refractivity contribution < 1.29 is 4.79 Å². The Hall–Kier alpha value is -0.630. The summed E-state index contributed by atoms with van der Waals surface area (Å²) in [5.41, 5.74) is 7.09. The number of Topliss-reactive ketones (excluding diaryl/α,β-unsaturated/α-hetero) is 1. The Morgan fingerprint density at radius 2 is 1.94 bits per heavy atom. The fraction of sp³-hybridized carbons (Fsp3) is 0.800. The molecule has 0 aromatic rings. The first-order chi connectivity index (χ1) is 8.27. The zero-order chi connectivity index (χ0) is 12.1. The molecule has 2 unspecified atom stereocenters. The summed E-state index contributed by atoms with van der Waals surface area (Å²) in [6, 6.07) is 0.256. The highest BCUT2D eigenvalue weighted by molar-refractivity contribution is 5.97. The molecular formula is C15H25NO. The standard InChI is InChI=1S/C15H25NO/c16-14-10-6-9-13(11-14)15(17)12-7-4-2-1-3-5-8-12/h7,13-14H,1-6,8-11,16H2. The van der Waals surface area contributed by atoms with Crippen molar-refractivity contribution in [3.05, 3.63) is 11.6 Å². The first-order valence-corrected chi connectivity index (χ1v) is 7.26. The lowest BCUT2D eigenvalue weighted by Crippen LogP contribution is -2.32. The predicted octanol–water partition coefficient (Wildman–Crippen LogP) is 3.35. The van der Waals surface area contributed by atoms with Crippen LogP contribution in [0.15, 0.2) is 11.6 Å². The molecule has 2 aliphatic rings. The maximum absolute atomic E-state index is 12.4. The van der Waals surface area contributed by atoms with Gasteiger partial charge in [0.2, 0.25) is 0 Å². The highest BCUT2D eigenvalue weighted by Crippen LogP contribution is 2.28. The minimum absolute atomic E-state index is 0.226. The molecule has 0 amide bonds. The summed E-state index contributed by atoms with van der Waals surface area (Å²) >= 11 is 0. The second-order valence-corrected chi connectivity index (χ2v) is 5.67. The highest BCUT2D eigenvalue weighted by Gasteiger charge is 2.27. The lowest BCUT2D eigenvalue weighted by atomic mass is 9.80. The van der Waals surface area contributed by atoms with Gasteiger partial charge in [-0.3, -0.25) is 4.79 Å². The summed E-state index contributed by atoms with van der Waals surface area (Å²) in [6.07, 6.45) is 13.6. The van der Waals surface area contributed by atoms with Crippen LogP contribution < -0.4 is 5.73 Å². The molecule has 2 heteroatoms. The van der Waals surface area contributed by atoms with E-state index in [0.717, 1.165) is 44.1 Å². The van der Waals surface area contributed by atoms with Gasteiger partial charge in [0.1, 0.15) is 0 Å². The molecule has 0 heterocycles. The van der Waals surface area contributed by atoms with Gasteiger partial charge in [0.15, 0.2) is 5.78 Å². The van der Waals surface area contributed by atoms with Crippen LogP contribution in [0.25, 0.3) is 0 Å². The monoisotopic (exact) mass is 235 g/mol. The van der Waals surface area contributed by atoms with Crippen LogP contribution in [0.3, 0.4) is 0 Å². The molecule has 0 aromatic heterocycles. The number of ketones is 1. The van der Waals surface area contributed by atoms with Crippen molar-refractivity contribution in [3.63, 3.8) is 0 Å². The molecule has 0 radical (unpaired) electrons. The van der Waals surface area contributed by atoms with Crippen molar-refractivity contribution in [2.75, 3.05) is 0 Å². The number of hydrogen-bond donors (Lipinski definition) is 1. The second-order valence-electron chi connectivity index (χ2n) is 5.67. The van der Waals surface area contributed by atoms with Gasteiger partial charge in [-0.2, -0.15) is 0 Å². The average molecular weight is 235 g/mol. The number of carbonyl (C=O) groups is 1. The smallest absolute Gasteiger partial charge is 0.161 e. The Labute approximate surface area is 105 Å². The summed E-state index contributed by atoms with van der Waals surface area (Å²) < 4.78 is 0. The van der Waals surface area contributed by atoms with Crippen molar-refractivity contribution >= 4 is 5.78 Å². The molecule has 0 bridgehead atoms. The molecule has 96 valence electrons. The molecule has 1 saturated carbocycles. The van der Waals surface area contributed by atoms with E-state index in [1.807, 2.05) is 0 Å². The molecule has 0 aromatic carbocycles. The fourth-order valence-corrected chi connectivity index (χ4v) is 3.14. The van der Waals surface area contributed by atoms with Crippen LogP contribution in [-0.2, 0) is 4.79 Å². The van der Waals surface area contributed by atoms with Crippen molar-refractivity contribution in [3.8, 4) is 0 Å². The van der Waals surface area contributed by atoms with Crippen molar-refractivity contribution in [1.82, 2.24) is 0 Å². The van der Waals surface area contributed by atoms with Gasteiger partial charge in [0, 0.05) is 12.0 Å². The minimum atomic E-state index is 0.226. The van der Waals surface area contributed by atoms with E-state index in [9.17, 15) is 4.79 Å². The van der Waals surface area contributed by atoms with E-state index >= 15 is 0 Å². The molecule has 2 atom stereocenters. The third-order valence-electron chi connectivity index (χ3n) is 4.19. The molecule has 17 heavy (non-hydrogen) atoms. The Balaban J connectivity index is 1.97. The van der Waals surface area contributed by atoms with Crippen LogP contribution in [0.5, 0.6) is 0 Å². The quantitative estimate of drug-likeness (QED) is 0.797. The van der Waals surface area contributed by atoms with Gasteiger partial charge in [-0.05, 0) is 50.5 Å². The van der Waals surface area contributed by atoms with Crippen LogP contribution >= 0.6 is 0 Å². The molecular weight excluding hydrogens is 210 g/mol. The van der Waals surface area contributed by atoms with Gasteiger partial charge in [-0.1, -0.05) is 25.3 Å². The number of nitrogens with two attached hydrogens (primary N) is 1. The number of rotatable bonds is 2. The molecule has 2 rings (SSSR count). The fourth-order valence-electron chi connectivity index (χ4n) is 3.14. The zero-order valence-corrected chi connectivity index (χ0v) is 10.8. The Kier molecular flexibility index (Phi) is 4.78. The number of carbonyl (C=O) groups excluding carboxylic acids is 1. The maximum atomic E-state index is 12.4. The van der Waals surface area contributed by atoms with E-state index in [-0.39, 0.29) is 12.0 Å². The van der Waals surface area contributed by atoms with E-state index < -0.39 is 0 Å². The van der Waals surface area contributed by atoms with Gasteiger partial charge < -0.3 is 5.73 Å². The molecule has 0 spiro atoms. The van der Waals surface area contributed by atoms with Gasteiger partial charge in [-0.15, -0.1) is 0 Å². The molecule has 2 nitrogen and oxygen atoms in total. The van der Waals surface area contributed by atoms with E-state index in [0.29, 0.717) is 5.78 Å². The summed E-state index contributed by atoms with van der Waals surface area (Å²) in [7, 11) is 0. The van der Waals surface area contributed by atoms with Crippen molar-refractivity contribution in [1.29, 1.82) is 0 Å². The summed E-state index contributed by atoms with van der Waals surface area (Å²) in [5.74, 6) is 0.645. The van der Waals surface area contributed by atoms with E-state index in [4.69, 9.17) is 5.73 Å². The summed E-state index contributed by atoms with van der Waals surface area (Å²) in [6.45, 7) is 0. The molecule has 2 N–H and O–H groups in total. The van der Waals surface area contributed by atoms with Gasteiger partial charge in [0.25, 0.3) is 0 Å². The Morgan fingerprint density at radius 1 is 1.12 bits per heavy atom. The number of hydrogen-bond acceptors (Lipinski definition) is 2. The molecule has 2 aliphatic carbocycles. The number of allylic oxidation sites excluding steroid dienone is 2. The van der Waals surface area contributed by atoms with E-state index in [2.05, 4.69) is 6.08 Å². The lowest BCUT2D eigenvalue weighted by molar-refractivity contribution is -0.120. The van der Waals surface area contributed by atoms with Crippen LogP contribution in [0.2, 0.25) is 0 Å². The third-order valence-corrected chi connectivity index (χ3v) is 4.19. The van der Waals surface area contributed by atoms with Crippen molar-refractivity contribution in [2.45, 2.75) is 70.3 Å². The SMILES string of the molecule is NC1CCCC(C(=O)C2=CCCCCCC2)C1. The summed E-state index contributed by atoms with van der Waals surface area (Å²) in [5, 5.41) is 0. The molecule has 0 aliphatic heterocycles. The van der Waals surface area contributed by atoms with Crippen LogP contribution in [-0.4, -0.2) is 11.8 Å². The van der Waals surface area contributed by atoms with E-state index in [1.54, 1.807) is 0 Å². The predicted molar refractivity (Wildman–Crippen MR) is 70.7 cm³/mol. The summed E-state index contributed by atoms with van der Waals surface area (Å²) in [4.78, 5) is 12.4. The normalized spacial score (nSPS) is 31.2. The average Bonchev–Trinajstić information content (AvgIpc) is 2.28. The minimum Gasteiger partial charge on any atom is -0.328 e. The van der Waals surface area contributed by atoms with Crippen molar-refractivity contribution in [2.24, 2.45) is 11.7 Å². The lowest BCUT2D eigenvalue weighted by Gasteiger charge is -2.26. The third kappa shape index (κ3) is 3.67. The van der Waals surface area contributed by atoms with Gasteiger partial charge in [-0.25, -0.2) is 0 Å². The first kappa shape index (κ1) is 12.8. The highest BCUT2D eigenvalue weighted by atomic mass is 16.1. The Morgan fingerprint density at radius 3 is 2.76 bits per heavy atom. The second kappa shape index (κ2) is 6.34. The zero-order valence-electron chi connectivity index (χ0n) is 10.8. The van der Waals surface area contributed by atoms with Crippen LogP contribution in [0.1, 0.15) is 64.2 Å². The van der Waals surface area contributed by atoms with Gasteiger partial charge >= 0.3 is 0 Å².